The normalized spacial score (nSPS) is 23.9. The Morgan fingerprint density at radius 1 is 1.21 bits per heavy atom. The van der Waals surface area contributed by atoms with Crippen molar-refractivity contribution < 1.29 is 4.74 Å². The first kappa shape index (κ1) is 22.0. The summed E-state index contributed by atoms with van der Waals surface area (Å²) in [5.41, 5.74) is 0. The lowest BCUT2D eigenvalue weighted by Gasteiger charge is -2.32. The molecule has 1 aromatic heterocycles. The monoisotopic (exact) mass is 405 g/mol. The van der Waals surface area contributed by atoms with Crippen molar-refractivity contribution in [1.82, 2.24) is 29.9 Å². The minimum atomic E-state index is 0.545. The van der Waals surface area contributed by atoms with E-state index in [-0.39, 0.29) is 0 Å². The maximum Gasteiger partial charge on any atom is 0.194 e. The summed E-state index contributed by atoms with van der Waals surface area (Å²) < 4.78 is 7.46. The van der Waals surface area contributed by atoms with Crippen molar-refractivity contribution in [3.8, 4) is 0 Å². The van der Waals surface area contributed by atoms with Crippen molar-refractivity contribution >= 4 is 5.96 Å². The lowest BCUT2D eigenvalue weighted by atomic mass is 9.83. The molecule has 1 aromatic rings. The standard InChI is InChI=1S/C21H39N7O/c1-17-5-7-19(8-6-17)16-26(3)21(22-9-10-28-11-13-29-14-12-28)23-15-20-25-24-18(2)27(20)4/h17,19H,5-16H2,1-4H3,(H,22,23). The minimum Gasteiger partial charge on any atom is -0.379 e. The number of nitrogens with one attached hydrogen (secondary N) is 1. The van der Waals surface area contributed by atoms with Gasteiger partial charge in [-0.3, -0.25) is 4.90 Å². The fraction of sp³-hybridized carbons (Fsp3) is 0.857. The number of nitrogens with zero attached hydrogens (tertiary/aromatic N) is 6. The molecule has 0 spiro atoms. The average molecular weight is 406 g/mol. The van der Waals surface area contributed by atoms with E-state index in [0.717, 1.165) is 75.4 Å². The Morgan fingerprint density at radius 2 is 1.93 bits per heavy atom. The summed E-state index contributed by atoms with van der Waals surface area (Å²) in [6.07, 6.45) is 5.37. The second kappa shape index (κ2) is 10.9. The zero-order valence-electron chi connectivity index (χ0n) is 18.7. The second-order valence-corrected chi connectivity index (χ2v) is 8.75. The van der Waals surface area contributed by atoms with E-state index in [4.69, 9.17) is 9.73 Å². The molecule has 1 saturated heterocycles. The zero-order valence-corrected chi connectivity index (χ0v) is 18.7. The smallest absolute Gasteiger partial charge is 0.194 e. The molecule has 0 atom stereocenters. The van der Waals surface area contributed by atoms with E-state index in [0.29, 0.717) is 6.54 Å². The number of aromatic nitrogens is 3. The van der Waals surface area contributed by atoms with E-state index in [1.165, 1.54) is 25.7 Å². The van der Waals surface area contributed by atoms with Crippen LogP contribution in [0, 0.1) is 18.8 Å². The highest BCUT2D eigenvalue weighted by Gasteiger charge is 2.21. The van der Waals surface area contributed by atoms with Gasteiger partial charge in [0, 0.05) is 46.8 Å². The van der Waals surface area contributed by atoms with Gasteiger partial charge in [-0.1, -0.05) is 19.8 Å². The molecule has 0 aromatic carbocycles. The first-order chi connectivity index (χ1) is 14.0. The Balaban J connectivity index is 1.57. The van der Waals surface area contributed by atoms with Crippen molar-refractivity contribution in [3.05, 3.63) is 11.6 Å². The highest BCUT2D eigenvalue weighted by Crippen LogP contribution is 2.28. The zero-order chi connectivity index (χ0) is 20.6. The quantitative estimate of drug-likeness (QED) is 0.550. The summed E-state index contributed by atoms with van der Waals surface area (Å²) >= 11 is 0. The molecule has 0 bridgehead atoms. The molecule has 0 unspecified atom stereocenters. The van der Waals surface area contributed by atoms with Crippen LogP contribution in [0.2, 0.25) is 0 Å². The lowest BCUT2D eigenvalue weighted by molar-refractivity contribution is 0.0388. The van der Waals surface area contributed by atoms with Crippen molar-refractivity contribution in [2.45, 2.75) is 46.1 Å². The molecule has 2 heterocycles. The number of aryl methyl sites for hydroxylation is 1. The van der Waals surface area contributed by atoms with Gasteiger partial charge in [0.05, 0.1) is 13.2 Å². The first-order valence-corrected chi connectivity index (χ1v) is 11.2. The van der Waals surface area contributed by atoms with E-state index < -0.39 is 0 Å². The highest BCUT2D eigenvalue weighted by atomic mass is 16.5. The van der Waals surface area contributed by atoms with Gasteiger partial charge in [0.15, 0.2) is 11.8 Å². The molecule has 0 radical (unpaired) electrons. The van der Waals surface area contributed by atoms with E-state index in [1.54, 1.807) is 0 Å². The number of guanidine groups is 1. The fourth-order valence-electron chi connectivity index (χ4n) is 4.18. The van der Waals surface area contributed by atoms with E-state index >= 15 is 0 Å². The van der Waals surface area contributed by atoms with Gasteiger partial charge in [0.2, 0.25) is 0 Å². The largest absolute Gasteiger partial charge is 0.379 e. The summed E-state index contributed by atoms with van der Waals surface area (Å²) in [6, 6.07) is 0. The van der Waals surface area contributed by atoms with E-state index in [9.17, 15) is 0 Å². The molecule has 2 fully saturated rings. The first-order valence-electron chi connectivity index (χ1n) is 11.2. The number of ether oxygens (including phenoxy) is 1. The van der Waals surface area contributed by atoms with E-state index in [1.807, 2.05) is 18.5 Å². The molecule has 29 heavy (non-hydrogen) atoms. The third kappa shape index (κ3) is 6.67. The second-order valence-electron chi connectivity index (χ2n) is 8.75. The summed E-state index contributed by atoms with van der Waals surface area (Å²) in [7, 11) is 4.17. The predicted molar refractivity (Wildman–Crippen MR) is 116 cm³/mol. The van der Waals surface area contributed by atoms with Crippen molar-refractivity contribution in [1.29, 1.82) is 0 Å². The Hall–Kier alpha value is -1.67. The SMILES string of the molecule is Cc1nnc(CN=C(NCCN2CCOCC2)N(C)CC2CCC(C)CC2)n1C. The summed E-state index contributed by atoms with van der Waals surface area (Å²) in [5.74, 6) is 4.43. The van der Waals surface area contributed by atoms with Gasteiger partial charge in [0.25, 0.3) is 0 Å². The molecular weight excluding hydrogens is 366 g/mol. The maximum absolute atomic E-state index is 5.45. The number of rotatable bonds is 7. The van der Waals surface area contributed by atoms with Crippen LogP contribution >= 0.6 is 0 Å². The minimum absolute atomic E-state index is 0.545. The number of hydrogen-bond donors (Lipinski definition) is 1. The van der Waals surface area contributed by atoms with Crippen LogP contribution in [0.5, 0.6) is 0 Å². The molecular formula is C21H39N7O. The van der Waals surface area contributed by atoms with Crippen molar-refractivity contribution in [2.24, 2.45) is 23.9 Å². The fourth-order valence-corrected chi connectivity index (χ4v) is 4.18. The third-order valence-electron chi connectivity index (χ3n) is 6.40. The van der Waals surface area contributed by atoms with Gasteiger partial charge in [0.1, 0.15) is 12.4 Å². The van der Waals surface area contributed by atoms with Crippen LogP contribution in [0.25, 0.3) is 0 Å². The molecule has 1 saturated carbocycles. The van der Waals surface area contributed by atoms with Gasteiger partial charge >= 0.3 is 0 Å². The van der Waals surface area contributed by atoms with Crippen LogP contribution < -0.4 is 5.32 Å². The third-order valence-corrected chi connectivity index (χ3v) is 6.40. The van der Waals surface area contributed by atoms with Crippen molar-refractivity contribution in [3.63, 3.8) is 0 Å². The Kier molecular flexibility index (Phi) is 8.29. The number of morpholine rings is 1. The topological polar surface area (TPSA) is 70.8 Å². The van der Waals surface area contributed by atoms with Gasteiger partial charge in [-0.2, -0.15) is 0 Å². The summed E-state index contributed by atoms with van der Waals surface area (Å²) in [6.45, 7) is 11.6. The molecule has 164 valence electrons. The summed E-state index contributed by atoms with van der Waals surface area (Å²) in [5, 5.41) is 12.0. The van der Waals surface area contributed by atoms with Gasteiger partial charge in [-0.25, -0.2) is 4.99 Å². The summed E-state index contributed by atoms with van der Waals surface area (Å²) in [4.78, 5) is 9.65. The lowest BCUT2D eigenvalue weighted by Crippen LogP contribution is -2.46. The van der Waals surface area contributed by atoms with E-state index in [2.05, 4.69) is 39.3 Å². The molecule has 1 aliphatic carbocycles. The Labute approximate surface area is 175 Å². The van der Waals surface area contributed by atoms with Crippen LogP contribution in [-0.4, -0.2) is 83.5 Å². The molecule has 1 N–H and O–H groups in total. The van der Waals surface area contributed by atoms with Crippen molar-refractivity contribution in [2.75, 3.05) is 53.0 Å². The van der Waals surface area contributed by atoms with Crippen LogP contribution in [0.3, 0.4) is 0 Å². The van der Waals surface area contributed by atoms with Crippen LogP contribution in [0.15, 0.2) is 4.99 Å². The molecule has 8 nitrogen and oxygen atoms in total. The molecule has 8 heteroatoms. The van der Waals surface area contributed by atoms with Crippen LogP contribution in [0.1, 0.15) is 44.3 Å². The average Bonchev–Trinajstić information content (AvgIpc) is 3.05. The van der Waals surface area contributed by atoms with Crippen LogP contribution in [0.4, 0.5) is 0 Å². The predicted octanol–water partition coefficient (Wildman–Crippen LogP) is 1.66. The molecule has 1 aliphatic heterocycles. The molecule has 0 amide bonds. The molecule has 3 rings (SSSR count). The molecule has 2 aliphatic rings. The number of hydrogen-bond acceptors (Lipinski definition) is 5. The Bertz CT molecular complexity index is 645. The highest BCUT2D eigenvalue weighted by molar-refractivity contribution is 5.79. The Morgan fingerprint density at radius 3 is 2.59 bits per heavy atom. The van der Waals surface area contributed by atoms with Gasteiger partial charge in [-0.05, 0) is 31.6 Å². The maximum atomic E-state index is 5.45. The van der Waals surface area contributed by atoms with Crippen LogP contribution in [-0.2, 0) is 18.3 Å². The van der Waals surface area contributed by atoms with Gasteiger partial charge < -0.3 is 19.5 Å². The number of aliphatic imine (C=N–C) groups is 1. The van der Waals surface area contributed by atoms with Gasteiger partial charge in [-0.15, -0.1) is 10.2 Å².